The van der Waals surface area contributed by atoms with Gasteiger partial charge in [-0.25, -0.2) is 0 Å². The minimum absolute atomic E-state index is 0.0993. The van der Waals surface area contributed by atoms with Gasteiger partial charge in [-0.1, -0.05) is 36.4 Å². The number of nitrogens with two attached hydrogens (primary N) is 1. The van der Waals surface area contributed by atoms with Crippen LogP contribution in [0.3, 0.4) is 0 Å². The van der Waals surface area contributed by atoms with Gasteiger partial charge in [0.05, 0.1) is 5.69 Å². The molecular weight excluding hydrogens is 196 g/mol. The summed E-state index contributed by atoms with van der Waals surface area (Å²) in [5.74, 6) is 0. The van der Waals surface area contributed by atoms with Gasteiger partial charge in [0.25, 0.3) is 0 Å². The van der Waals surface area contributed by atoms with Crippen LogP contribution in [0.25, 0.3) is 11.3 Å². The SMILES string of the molecule is C=C[C@@H](N)c1ccc(-c2ccccn2)cc1. The molecule has 0 spiro atoms. The number of hydrogen-bond donors (Lipinski definition) is 1. The molecule has 1 heterocycles. The number of nitrogens with zero attached hydrogens (tertiary/aromatic N) is 1. The van der Waals surface area contributed by atoms with Crippen molar-refractivity contribution in [2.75, 3.05) is 0 Å². The molecule has 0 fully saturated rings. The quantitative estimate of drug-likeness (QED) is 0.791. The number of pyridine rings is 1. The zero-order valence-corrected chi connectivity index (χ0v) is 9.01. The van der Waals surface area contributed by atoms with E-state index in [2.05, 4.69) is 11.6 Å². The van der Waals surface area contributed by atoms with Crippen LogP contribution in [-0.4, -0.2) is 4.98 Å². The number of benzene rings is 1. The maximum atomic E-state index is 5.85. The van der Waals surface area contributed by atoms with Crippen molar-refractivity contribution < 1.29 is 0 Å². The topological polar surface area (TPSA) is 38.9 Å². The highest BCUT2D eigenvalue weighted by molar-refractivity contribution is 5.59. The zero-order valence-electron chi connectivity index (χ0n) is 9.01. The number of rotatable bonds is 3. The van der Waals surface area contributed by atoms with Gasteiger partial charge in [0, 0.05) is 17.8 Å². The Labute approximate surface area is 95.5 Å². The van der Waals surface area contributed by atoms with Gasteiger partial charge < -0.3 is 5.73 Å². The van der Waals surface area contributed by atoms with Gasteiger partial charge >= 0.3 is 0 Å². The Balaban J connectivity index is 2.30. The van der Waals surface area contributed by atoms with Crippen molar-refractivity contribution >= 4 is 0 Å². The molecule has 2 N–H and O–H groups in total. The van der Waals surface area contributed by atoms with Crippen LogP contribution in [0.5, 0.6) is 0 Å². The first kappa shape index (κ1) is 10.6. The maximum absolute atomic E-state index is 5.85. The molecule has 1 aromatic carbocycles. The summed E-state index contributed by atoms with van der Waals surface area (Å²) in [5, 5.41) is 0. The predicted octanol–water partition coefficient (Wildman–Crippen LogP) is 2.93. The molecule has 1 aromatic heterocycles. The van der Waals surface area contributed by atoms with Crippen LogP contribution in [-0.2, 0) is 0 Å². The largest absolute Gasteiger partial charge is 0.321 e. The van der Waals surface area contributed by atoms with Crippen LogP contribution < -0.4 is 5.73 Å². The maximum Gasteiger partial charge on any atom is 0.0701 e. The van der Waals surface area contributed by atoms with Crippen molar-refractivity contribution in [2.24, 2.45) is 5.73 Å². The summed E-state index contributed by atoms with van der Waals surface area (Å²) >= 11 is 0. The van der Waals surface area contributed by atoms with E-state index in [1.165, 1.54) is 0 Å². The number of hydrogen-bond acceptors (Lipinski definition) is 2. The highest BCUT2D eigenvalue weighted by atomic mass is 14.7. The molecule has 0 bridgehead atoms. The molecule has 0 saturated heterocycles. The molecule has 0 saturated carbocycles. The van der Waals surface area contributed by atoms with E-state index >= 15 is 0 Å². The third-order valence-corrected chi connectivity index (χ3v) is 2.51. The second kappa shape index (κ2) is 4.73. The molecule has 2 aromatic rings. The summed E-state index contributed by atoms with van der Waals surface area (Å²) in [6, 6.07) is 13.9. The average Bonchev–Trinajstić information content (AvgIpc) is 2.39. The van der Waals surface area contributed by atoms with Crippen LogP contribution in [0.15, 0.2) is 61.3 Å². The van der Waals surface area contributed by atoms with E-state index in [0.717, 1.165) is 16.8 Å². The van der Waals surface area contributed by atoms with Crippen LogP contribution in [0.1, 0.15) is 11.6 Å². The Morgan fingerprint density at radius 1 is 1.12 bits per heavy atom. The van der Waals surface area contributed by atoms with Gasteiger partial charge in [-0.3, -0.25) is 4.98 Å². The zero-order chi connectivity index (χ0) is 11.4. The van der Waals surface area contributed by atoms with Gasteiger partial charge in [-0.15, -0.1) is 6.58 Å². The Morgan fingerprint density at radius 2 is 1.88 bits per heavy atom. The lowest BCUT2D eigenvalue weighted by Crippen LogP contribution is -2.05. The van der Waals surface area contributed by atoms with Crippen molar-refractivity contribution in [3.8, 4) is 11.3 Å². The third-order valence-electron chi connectivity index (χ3n) is 2.51. The monoisotopic (exact) mass is 210 g/mol. The molecule has 80 valence electrons. The second-order valence-electron chi connectivity index (χ2n) is 3.60. The Bertz CT molecular complexity index is 460. The molecule has 2 nitrogen and oxygen atoms in total. The molecule has 2 heteroatoms. The van der Waals surface area contributed by atoms with Crippen LogP contribution in [0.2, 0.25) is 0 Å². The first-order chi connectivity index (χ1) is 7.81. The Morgan fingerprint density at radius 3 is 2.44 bits per heavy atom. The minimum atomic E-state index is -0.0993. The highest BCUT2D eigenvalue weighted by Gasteiger charge is 2.02. The fourth-order valence-corrected chi connectivity index (χ4v) is 1.55. The third kappa shape index (κ3) is 2.18. The lowest BCUT2D eigenvalue weighted by atomic mass is 10.0. The van der Waals surface area contributed by atoms with Crippen LogP contribution in [0.4, 0.5) is 0 Å². The van der Waals surface area contributed by atoms with E-state index in [9.17, 15) is 0 Å². The normalized spacial score (nSPS) is 12.1. The van der Waals surface area contributed by atoms with E-state index in [1.54, 1.807) is 12.3 Å². The predicted molar refractivity (Wildman–Crippen MR) is 66.8 cm³/mol. The van der Waals surface area contributed by atoms with Crippen molar-refractivity contribution in [3.63, 3.8) is 0 Å². The molecule has 2 rings (SSSR count). The number of aromatic nitrogens is 1. The lowest BCUT2D eigenvalue weighted by Gasteiger charge is -2.07. The average molecular weight is 210 g/mol. The lowest BCUT2D eigenvalue weighted by molar-refractivity contribution is 0.915. The molecular formula is C14H14N2. The van der Waals surface area contributed by atoms with E-state index in [0.29, 0.717) is 0 Å². The highest BCUT2D eigenvalue weighted by Crippen LogP contribution is 2.19. The molecule has 0 unspecified atom stereocenters. The fourth-order valence-electron chi connectivity index (χ4n) is 1.55. The summed E-state index contributed by atoms with van der Waals surface area (Å²) in [6.45, 7) is 3.68. The summed E-state index contributed by atoms with van der Waals surface area (Å²) in [5.41, 5.74) is 8.99. The van der Waals surface area contributed by atoms with Gasteiger partial charge in [0.15, 0.2) is 0 Å². The van der Waals surface area contributed by atoms with Crippen molar-refractivity contribution in [2.45, 2.75) is 6.04 Å². The van der Waals surface area contributed by atoms with Crippen molar-refractivity contribution in [3.05, 3.63) is 66.9 Å². The molecule has 1 atom stereocenters. The smallest absolute Gasteiger partial charge is 0.0701 e. The molecule has 0 aliphatic carbocycles. The van der Waals surface area contributed by atoms with Gasteiger partial charge in [-0.05, 0) is 17.7 Å². The summed E-state index contributed by atoms with van der Waals surface area (Å²) in [6.07, 6.45) is 3.52. The summed E-state index contributed by atoms with van der Waals surface area (Å²) in [7, 11) is 0. The standard InChI is InChI=1S/C14H14N2/c1-2-13(15)11-6-8-12(9-7-11)14-5-3-4-10-16-14/h2-10,13H,1,15H2/t13-/m1/s1. The summed E-state index contributed by atoms with van der Waals surface area (Å²) < 4.78 is 0. The summed E-state index contributed by atoms with van der Waals surface area (Å²) in [4.78, 5) is 4.29. The van der Waals surface area contributed by atoms with Gasteiger partial charge in [0.1, 0.15) is 0 Å². The molecule has 0 aliphatic heterocycles. The van der Waals surface area contributed by atoms with Crippen molar-refractivity contribution in [1.82, 2.24) is 4.98 Å². The van der Waals surface area contributed by atoms with Crippen molar-refractivity contribution in [1.29, 1.82) is 0 Å². The van der Waals surface area contributed by atoms with Gasteiger partial charge in [0.2, 0.25) is 0 Å². The van der Waals surface area contributed by atoms with E-state index in [-0.39, 0.29) is 6.04 Å². The molecule has 0 aliphatic rings. The molecule has 0 radical (unpaired) electrons. The Kier molecular flexibility index (Phi) is 3.13. The van der Waals surface area contributed by atoms with Gasteiger partial charge in [-0.2, -0.15) is 0 Å². The van der Waals surface area contributed by atoms with E-state index in [1.807, 2.05) is 42.5 Å². The Hall–Kier alpha value is -1.93. The van der Waals surface area contributed by atoms with Crippen LogP contribution >= 0.6 is 0 Å². The minimum Gasteiger partial charge on any atom is -0.321 e. The first-order valence-corrected chi connectivity index (χ1v) is 5.21. The van der Waals surface area contributed by atoms with Crippen LogP contribution in [0, 0.1) is 0 Å². The fraction of sp³-hybridized carbons (Fsp3) is 0.0714. The van der Waals surface area contributed by atoms with E-state index < -0.39 is 0 Å². The molecule has 16 heavy (non-hydrogen) atoms. The van der Waals surface area contributed by atoms with E-state index in [4.69, 9.17) is 5.73 Å². The first-order valence-electron chi connectivity index (χ1n) is 5.21. The second-order valence-corrected chi connectivity index (χ2v) is 3.60. The molecule has 0 amide bonds.